The lowest BCUT2D eigenvalue weighted by atomic mass is 9.96. The van der Waals surface area contributed by atoms with Crippen LogP contribution in [0.1, 0.15) is 42.5 Å². The Hall–Kier alpha value is -2.64. The van der Waals surface area contributed by atoms with Crippen LogP contribution >= 0.6 is 8.58 Å². The second-order valence-corrected chi connectivity index (χ2v) is 9.70. The van der Waals surface area contributed by atoms with E-state index in [1.165, 1.54) is 22.0 Å². The molecule has 2 atom stereocenters. The van der Waals surface area contributed by atoms with E-state index in [-0.39, 0.29) is 5.16 Å². The van der Waals surface area contributed by atoms with Crippen molar-refractivity contribution in [1.82, 2.24) is 0 Å². The van der Waals surface area contributed by atoms with Crippen LogP contribution in [0.15, 0.2) is 71.7 Å². The lowest BCUT2D eigenvalue weighted by Crippen LogP contribution is -2.22. The van der Waals surface area contributed by atoms with Crippen molar-refractivity contribution in [2.24, 2.45) is 4.99 Å². The second-order valence-electron chi connectivity index (χ2n) is 7.85. The van der Waals surface area contributed by atoms with Crippen LogP contribution in [0.2, 0.25) is 0 Å². The van der Waals surface area contributed by atoms with Crippen molar-refractivity contribution < 1.29 is 9.47 Å². The fourth-order valence-electron chi connectivity index (χ4n) is 3.72. The number of nitrogens with zero attached hydrogens (tertiary/aromatic N) is 1. The van der Waals surface area contributed by atoms with Gasteiger partial charge < -0.3 is 9.47 Å². The third-order valence-electron chi connectivity index (χ3n) is 5.70. The average molecular weight is 434 g/mol. The van der Waals surface area contributed by atoms with Gasteiger partial charge in [0.25, 0.3) is 0 Å². The molecule has 0 radical (unpaired) electrons. The Morgan fingerprint density at radius 1 is 1.00 bits per heavy atom. The van der Waals surface area contributed by atoms with Crippen molar-refractivity contribution in [3.8, 4) is 11.5 Å². The summed E-state index contributed by atoms with van der Waals surface area (Å²) < 4.78 is 12.1. The van der Waals surface area contributed by atoms with E-state index in [2.05, 4.69) is 68.2 Å². The number of rotatable bonds is 9. The molecule has 0 saturated carbocycles. The van der Waals surface area contributed by atoms with E-state index in [1.807, 2.05) is 37.5 Å². The zero-order valence-corrected chi connectivity index (χ0v) is 20.1. The molecule has 0 bridgehead atoms. The van der Waals surface area contributed by atoms with Crippen LogP contribution in [-0.4, -0.2) is 20.4 Å². The van der Waals surface area contributed by atoms with Gasteiger partial charge in [0, 0.05) is 24.0 Å². The summed E-state index contributed by atoms with van der Waals surface area (Å²) in [5.41, 5.74) is 4.81. The quantitative estimate of drug-likeness (QED) is 0.295. The maximum absolute atomic E-state index is 6.39. The number of aryl methyl sites for hydroxylation is 1. The molecule has 0 spiro atoms. The summed E-state index contributed by atoms with van der Waals surface area (Å²) in [6.45, 7) is 7.27. The van der Waals surface area contributed by atoms with Gasteiger partial charge in [0.1, 0.15) is 6.61 Å². The van der Waals surface area contributed by atoms with Gasteiger partial charge in [-0.1, -0.05) is 83.1 Å². The van der Waals surface area contributed by atoms with Gasteiger partial charge in [-0.25, -0.2) is 0 Å². The smallest absolute Gasteiger partial charge is 0.165 e. The highest BCUT2D eigenvalue weighted by Crippen LogP contribution is 2.50. The molecule has 0 amide bonds. The molecule has 3 rings (SSSR count). The Morgan fingerprint density at radius 2 is 1.74 bits per heavy atom. The van der Waals surface area contributed by atoms with E-state index in [1.54, 1.807) is 7.11 Å². The third kappa shape index (κ3) is 5.35. The molecule has 0 aliphatic carbocycles. The normalized spacial score (nSPS) is 13.6. The number of benzene rings is 3. The first-order valence-corrected chi connectivity index (χ1v) is 11.7. The molecular weight excluding hydrogens is 401 g/mol. The van der Waals surface area contributed by atoms with Crippen molar-refractivity contribution in [3.05, 3.63) is 89.0 Å². The van der Waals surface area contributed by atoms with Crippen LogP contribution in [0.25, 0.3) is 0 Å². The Bertz CT molecular complexity index is 1030. The SMILES string of the molecule is CCC(C)(Pc1c(C)cccc1/C=N/C)c1cccc(OC)c1OCc1ccccc1. The molecule has 0 fully saturated rings. The van der Waals surface area contributed by atoms with Crippen LogP contribution in [0.3, 0.4) is 0 Å². The van der Waals surface area contributed by atoms with Gasteiger partial charge in [-0.15, -0.1) is 0 Å². The molecule has 0 aliphatic rings. The molecule has 4 heteroatoms. The van der Waals surface area contributed by atoms with Crippen molar-refractivity contribution in [1.29, 1.82) is 0 Å². The lowest BCUT2D eigenvalue weighted by molar-refractivity contribution is 0.278. The molecule has 2 unspecified atom stereocenters. The number of methoxy groups -OCH3 is 1. The summed E-state index contributed by atoms with van der Waals surface area (Å²) >= 11 is 0. The molecule has 31 heavy (non-hydrogen) atoms. The zero-order valence-electron chi connectivity index (χ0n) is 19.1. The summed E-state index contributed by atoms with van der Waals surface area (Å²) in [6.07, 6.45) is 2.95. The maximum Gasteiger partial charge on any atom is 0.165 e. The molecule has 0 aromatic heterocycles. The first kappa shape index (κ1) is 23.0. The van der Waals surface area contributed by atoms with Crippen molar-refractivity contribution in [2.75, 3.05) is 14.2 Å². The Balaban J connectivity index is 2.03. The van der Waals surface area contributed by atoms with Crippen molar-refractivity contribution in [3.63, 3.8) is 0 Å². The maximum atomic E-state index is 6.39. The summed E-state index contributed by atoms with van der Waals surface area (Å²) in [5, 5.41) is 1.26. The van der Waals surface area contributed by atoms with Gasteiger partial charge in [0.15, 0.2) is 11.5 Å². The van der Waals surface area contributed by atoms with E-state index in [4.69, 9.17) is 9.47 Å². The Labute approximate surface area is 188 Å². The summed E-state index contributed by atoms with van der Waals surface area (Å²) in [5.74, 6) is 1.61. The average Bonchev–Trinajstić information content (AvgIpc) is 2.80. The molecule has 0 saturated heterocycles. The summed E-state index contributed by atoms with van der Waals surface area (Å²) in [4.78, 5) is 4.28. The van der Waals surface area contributed by atoms with Gasteiger partial charge in [-0.05, 0) is 41.4 Å². The van der Waals surface area contributed by atoms with Crippen LogP contribution in [0.4, 0.5) is 0 Å². The van der Waals surface area contributed by atoms with Crippen LogP contribution < -0.4 is 14.8 Å². The van der Waals surface area contributed by atoms with Gasteiger partial charge in [0.2, 0.25) is 0 Å². The lowest BCUT2D eigenvalue weighted by Gasteiger charge is -2.32. The molecule has 0 N–H and O–H groups in total. The highest BCUT2D eigenvalue weighted by Gasteiger charge is 2.31. The summed E-state index contributed by atoms with van der Waals surface area (Å²) in [7, 11) is 4.10. The number of ether oxygens (including phenoxy) is 2. The number of hydrogen-bond donors (Lipinski definition) is 0. The molecule has 162 valence electrons. The molecule has 0 aliphatic heterocycles. The van der Waals surface area contributed by atoms with Crippen molar-refractivity contribution in [2.45, 2.75) is 39.0 Å². The largest absolute Gasteiger partial charge is 0.493 e. The highest BCUT2D eigenvalue weighted by atomic mass is 31.1. The fraction of sp³-hybridized carbons (Fsp3) is 0.296. The second kappa shape index (κ2) is 10.6. The summed E-state index contributed by atoms with van der Waals surface area (Å²) in [6, 6.07) is 22.9. The predicted molar refractivity (Wildman–Crippen MR) is 134 cm³/mol. The number of para-hydroxylation sites is 1. The van der Waals surface area contributed by atoms with Crippen LogP contribution in [0, 0.1) is 6.92 Å². The predicted octanol–water partition coefficient (Wildman–Crippen LogP) is 6.26. The monoisotopic (exact) mass is 433 g/mol. The molecule has 3 aromatic carbocycles. The minimum atomic E-state index is -0.0942. The van der Waals surface area contributed by atoms with Gasteiger partial charge in [-0.3, -0.25) is 4.99 Å². The first-order chi connectivity index (χ1) is 15.0. The molecule has 3 aromatic rings. The van der Waals surface area contributed by atoms with E-state index >= 15 is 0 Å². The Morgan fingerprint density at radius 3 is 2.42 bits per heavy atom. The minimum Gasteiger partial charge on any atom is -0.493 e. The standard InChI is InChI=1S/C27H32NO2P/c1-6-27(3,31-26-20(2)12-10-15-22(26)18-28-4)23-16-11-17-24(29-5)25(23)30-19-21-13-8-7-9-14-21/h7-18,31H,6,19H2,1-5H3/b28-18+. The molecule has 3 nitrogen and oxygen atoms in total. The molecule has 0 heterocycles. The zero-order chi connectivity index (χ0) is 22.3. The van der Waals surface area contributed by atoms with Crippen LogP contribution in [-0.2, 0) is 11.8 Å². The molecular formula is C27H32NO2P. The van der Waals surface area contributed by atoms with Gasteiger partial charge in [0.05, 0.1) is 7.11 Å². The van der Waals surface area contributed by atoms with E-state index < -0.39 is 0 Å². The van der Waals surface area contributed by atoms with Crippen LogP contribution in [0.5, 0.6) is 11.5 Å². The van der Waals surface area contributed by atoms with Gasteiger partial charge >= 0.3 is 0 Å². The third-order valence-corrected chi connectivity index (χ3v) is 7.81. The fourth-order valence-corrected chi connectivity index (χ4v) is 5.35. The topological polar surface area (TPSA) is 30.8 Å². The number of aliphatic imine (C=N–C) groups is 1. The van der Waals surface area contributed by atoms with E-state index in [0.717, 1.165) is 23.5 Å². The highest BCUT2D eigenvalue weighted by molar-refractivity contribution is 7.49. The first-order valence-electron chi connectivity index (χ1n) is 10.7. The van der Waals surface area contributed by atoms with Gasteiger partial charge in [-0.2, -0.15) is 0 Å². The van der Waals surface area contributed by atoms with E-state index in [0.29, 0.717) is 15.2 Å². The Kier molecular flexibility index (Phi) is 7.87. The van der Waals surface area contributed by atoms with Crippen molar-refractivity contribution >= 4 is 20.1 Å². The minimum absolute atomic E-state index is 0.0942. The van der Waals surface area contributed by atoms with E-state index in [9.17, 15) is 0 Å². The number of hydrogen-bond acceptors (Lipinski definition) is 3.